The fraction of sp³-hybridized carbons (Fsp3) is 0.227. The van der Waals surface area contributed by atoms with E-state index in [-0.39, 0.29) is 17.9 Å². The van der Waals surface area contributed by atoms with Crippen molar-refractivity contribution in [1.82, 2.24) is 24.4 Å². The fourth-order valence-corrected chi connectivity index (χ4v) is 4.61. The summed E-state index contributed by atoms with van der Waals surface area (Å²) >= 11 is 1.29. The number of aromatic amines is 1. The van der Waals surface area contributed by atoms with E-state index in [1.54, 1.807) is 54.2 Å². The Morgan fingerprint density at radius 1 is 1.00 bits per heavy atom. The third kappa shape index (κ3) is 3.80. The number of nitrogens with one attached hydrogen (secondary N) is 1. The summed E-state index contributed by atoms with van der Waals surface area (Å²) in [5.41, 5.74) is 1.02. The van der Waals surface area contributed by atoms with Crippen molar-refractivity contribution >= 4 is 33.4 Å². The maximum atomic E-state index is 12.8. The van der Waals surface area contributed by atoms with Crippen molar-refractivity contribution in [3.8, 4) is 5.69 Å². The fourth-order valence-electron chi connectivity index (χ4n) is 3.83. The number of H-pyrrole nitrogens is 1. The average Bonchev–Trinajstić information content (AvgIpc) is 3.29. The second-order valence-corrected chi connectivity index (χ2v) is 8.41. The summed E-state index contributed by atoms with van der Waals surface area (Å²) in [5, 5.41) is 1.77. The Balaban J connectivity index is 1.26. The van der Waals surface area contributed by atoms with E-state index in [2.05, 4.69) is 19.9 Å². The molecule has 0 atom stereocenters. The van der Waals surface area contributed by atoms with Gasteiger partial charge in [-0.05, 0) is 35.2 Å². The van der Waals surface area contributed by atoms with Crippen molar-refractivity contribution in [1.29, 1.82) is 0 Å². The zero-order valence-electron chi connectivity index (χ0n) is 17.1. The van der Waals surface area contributed by atoms with Gasteiger partial charge in [-0.1, -0.05) is 12.1 Å². The van der Waals surface area contributed by atoms with Crippen LogP contribution in [0.5, 0.6) is 0 Å². The predicted molar refractivity (Wildman–Crippen MR) is 123 cm³/mol. The number of carbonyl (C=O) groups excluding carboxylic acids is 1. The van der Waals surface area contributed by atoms with Gasteiger partial charge in [0.25, 0.3) is 5.56 Å². The molecule has 1 aliphatic heterocycles. The third-order valence-corrected chi connectivity index (χ3v) is 6.43. The van der Waals surface area contributed by atoms with Crippen LogP contribution in [0, 0.1) is 0 Å². The van der Waals surface area contributed by atoms with Crippen LogP contribution in [-0.2, 0) is 11.2 Å². The number of fused-ring (bicyclic) bond motifs is 1. The van der Waals surface area contributed by atoms with E-state index in [4.69, 9.17) is 0 Å². The monoisotopic (exact) mass is 448 g/mol. The van der Waals surface area contributed by atoms with E-state index in [0.29, 0.717) is 48.0 Å². The van der Waals surface area contributed by atoms with Crippen LogP contribution < -0.4 is 16.1 Å². The summed E-state index contributed by atoms with van der Waals surface area (Å²) in [5.74, 6) is 0.725. The Bertz CT molecular complexity index is 1370. The molecular weight excluding hydrogens is 428 g/mol. The van der Waals surface area contributed by atoms with Crippen molar-refractivity contribution in [2.24, 2.45) is 0 Å². The van der Waals surface area contributed by atoms with Gasteiger partial charge < -0.3 is 14.8 Å². The van der Waals surface area contributed by atoms with Crippen molar-refractivity contribution in [3.63, 3.8) is 0 Å². The first-order valence-corrected chi connectivity index (χ1v) is 11.1. The highest BCUT2D eigenvalue weighted by Gasteiger charge is 2.22. The molecule has 0 radical (unpaired) electrons. The first kappa shape index (κ1) is 20.1. The van der Waals surface area contributed by atoms with Crippen LogP contribution in [-0.4, -0.2) is 56.5 Å². The summed E-state index contributed by atoms with van der Waals surface area (Å²) in [4.78, 5) is 53.0. The Labute approximate surface area is 186 Å². The van der Waals surface area contributed by atoms with Crippen LogP contribution in [0.1, 0.15) is 5.56 Å². The SMILES string of the molecule is O=C(Cc1ccc(-n2c(=O)[nH]c3ccsc3c2=O)cc1)N1CCN(c2ncccn2)CC1. The lowest BCUT2D eigenvalue weighted by Gasteiger charge is -2.34. The molecule has 0 aliphatic carbocycles. The standard InChI is InChI=1S/C22H20N6O3S/c29-18(26-9-11-27(12-10-26)21-23-7-1-8-24-21)14-15-2-4-16(5-3-15)28-20(30)19-17(6-13-32-19)25-22(28)31/h1-8,13H,9-12,14H2,(H,25,31). The number of benzene rings is 1. The molecule has 1 aliphatic rings. The molecular formula is C22H20N6O3S. The third-order valence-electron chi connectivity index (χ3n) is 5.52. The minimum Gasteiger partial charge on any atom is -0.339 e. The van der Waals surface area contributed by atoms with E-state index in [9.17, 15) is 14.4 Å². The summed E-state index contributed by atoms with van der Waals surface area (Å²) in [7, 11) is 0. The van der Waals surface area contributed by atoms with Crippen LogP contribution in [0.4, 0.5) is 5.95 Å². The molecule has 4 heterocycles. The zero-order chi connectivity index (χ0) is 22.1. The van der Waals surface area contributed by atoms with E-state index >= 15 is 0 Å². The van der Waals surface area contributed by atoms with Crippen molar-refractivity contribution < 1.29 is 4.79 Å². The Hall–Kier alpha value is -3.79. The van der Waals surface area contributed by atoms with Crippen LogP contribution in [0.3, 0.4) is 0 Å². The first-order valence-electron chi connectivity index (χ1n) is 10.2. The second-order valence-electron chi connectivity index (χ2n) is 7.49. The highest BCUT2D eigenvalue weighted by atomic mass is 32.1. The topological polar surface area (TPSA) is 104 Å². The van der Waals surface area contributed by atoms with Gasteiger partial charge in [-0.3, -0.25) is 9.59 Å². The minimum atomic E-state index is -0.481. The molecule has 0 bridgehead atoms. The number of anilines is 1. The molecule has 0 unspecified atom stereocenters. The molecule has 4 aromatic rings. The Morgan fingerprint density at radius 3 is 2.44 bits per heavy atom. The molecule has 1 N–H and O–H groups in total. The predicted octanol–water partition coefficient (Wildman–Crippen LogP) is 1.42. The van der Waals surface area contributed by atoms with Gasteiger partial charge in [0.05, 0.1) is 17.6 Å². The lowest BCUT2D eigenvalue weighted by molar-refractivity contribution is -0.130. The molecule has 3 aromatic heterocycles. The zero-order valence-corrected chi connectivity index (χ0v) is 17.9. The van der Waals surface area contributed by atoms with Gasteiger partial charge in [-0.15, -0.1) is 11.3 Å². The number of hydrogen-bond acceptors (Lipinski definition) is 7. The summed E-state index contributed by atoms with van der Waals surface area (Å²) in [6.07, 6.45) is 3.69. The number of aromatic nitrogens is 4. The van der Waals surface area contributed by atoms with Gasteiger partial charge >= 0.3 is 5.69 Å². The van der Waals surface area contributed by atoms with Crippen LogP contribution in [0.15, 0.2) is 63.8 Å². The summed E-state index contributed by atoms with van der Waals surface area (Å²) in [6.45, 7) is 2.60. The number of amides is 1. The van der Waals surface area contributed by atoms with Gasteiger partial charge in [-0.2, -0.15) is 0 Å². The minimum absolute atomic E-state index is 0.0430. The highest BCUT2D eigenvalue weighted by Crippen LogP contribution is 2.15. The molecule has 0 spiro atoms. The van der Waals surface area contributed by atoms with Gasteiger partial charge in [0, 0.05) is 38.6 Å². The van der Waals surface area contributed by atoms with E-state index < -0.39 is 5.69 Å². The van der Waals surface area contributed by atoms with E-state index in [1.807, 2.05) is 4.90 Å². The van der Waals surface area contributed by atoms with Crippen molar-refractivity contribution in [3.05, 3.63) is 80.6 Å². The number of hydrogen-bond donors (Lipinski definition) is 1. The van der Waals surface area contributed by atoms with Crippen LogP contribution >= 0.6 is 11.3 Å². The molecule has 1 saturated heterocycles. The summed E-state index contributed by atoms with van der Waals surface area (Å²) in [6, 6.07) is 10.5. The maximum Gasteiger partial charge on any atom is 0.333 e. The lowest BCUT2D eigenvalue weighted by atomic mass is 10.1. The molecule has 1 amide bonds. The molecule has 0 saturated carbocycles. The number of rotatable bonds is 4. The van der Waals surface area contributed by atoms with Gasteiger partial charge in [0.15, 0.2) is 0 Å². The van der Waals surface area contributed by atoms with E-state index in [1.165, 1.54) is 11.3 Å². The largest absolute Gasteiger partial charge is 0.339 e. The van der Waals surface area contributed by atoms with Crippen LogP contribution in [0.25, 0.3) is 15.9 Å². The molecule has 1 aromatic carbocycles. The normalized spacial score (nSPS) is 14.1. The van der Waals surface area contributed by atoms with Gasteiger partial charge in [-0.25, -0.2) is 19.3 Å². The van der Waals surface area contributed by atoms with Gasteiger partial charge in [0.2, 0.25) is 11.9 Å². The molecule has 10 heteroatoms. The Kier molecular flexibility index (Phi) is 5.28. The molecule has 32 heavy (non-hydrogen) atoms. The second kappa shape index (κ2) is 8.39. The molecule has 5 rings (SSSR count). The first-order chi connectivity index (χ1) is 15.6. The van der Waals surface area contributed by atoms with Crippen molar-refractivity contribution in [2.45, 2.75) is 6.42 Å². The summed E-state index contributed by atoms with van der Waals surface area (Å²) < 4.78 is 1.62. The molecule has 1 fully saturated rings. The molecule has 162 valence electrons. The smallest absolute Gasteiger partial charge is 0.333 e. The number of thiophene rings is 1. The lowest BCUT2D eigenvalue weighted by Crippen LogP contribution is -2.49. The van der Waals surface area contributed by atoms with Crippen molar-refractivity contribution in [2.75, 3.05) is 31.1 Å². The van der Waals surface area contributed by atoms with Crippen LogP contribution in [0.2, 0.25) is 0 Å². The number of nitrogens with zero attached hydrogens (tertiary/aromatic N) is 5. The number of carbonyl (C=O) groups is 1. The average molecular weight is 449 g/mol. The highest BCUT2D eigenvalue weighted by molar-refractivity contribution is 7.17. The molecule has 9 nitrogen and oxygen atoms in total. The Morgan fingerprint density at radius 2 is 1.72 bits per heavy atom. The van der Waals surface area contributed by atoms with E-state index in [0.717, 1.165) is 10.1 Å². The quantitative estimate of drug-likeness (QED) is 0.506. The number of piperazine rings is 1. The maximum absolute atomic E-state index is 12.8. The van der Waals surface area contributed by atoms with Gasteiger partial charge in [0.1, 0.15) is 4.70 Å².